The van der Waals surface area contributed by atoms with E-state index in [1.165, 1.54) is 31.5 Å². The molecule has 0 aliphatic heterocycles. The largest absolute Gasteiger partial charge is 0.294 e. The Morgan fingerprint density at radius 3 is 2.55 bits per heavy atom. The summed E-state index contributed by atoms with van der Waals surface area (Å²) in [7, 11) is 0. The van der Waals surface area contributed by atoms with Gasteiger partial charge < -0.3 is 0 Å². The van der Waals surface area contributed by atoms with Crippen LogP contribution in [-0.2, 0) is 4.79 Å². The van der Waals surface area contributed by atoms with E-state index in [0.29, 0.717) is 17.0 Å². The normalized spacial score (nSPS) is 11.2. The van der Waals surface area contributed by atoms with Crippen LogP contribution in [0.4, 0.5) is 5.69 Å². The quantitative estimate of drug-likeness (QED) is 0.483. The summed E-state index contributed by atoms with van der Waals surface area (Å²) >= 11 is 0. The number of allylic oxidation sites excluding steroid dienone is 1. The minimum absolute atomic E-state index is 0.0318. The van der Waals surface area contributed by atoms with Gasteiger partial charge in [-0.05, 0) is 24.6 Å². The van der Waals surface area contributed by atoms with Crippen molar-refractivity contribution < 1.29 is 9.72 Å². The average Bonchev–Trinajstić information content (AvgIpc) is 2.45. The predicted molar refractivity (Wildman–Crippen MR) is 73.7 cm³/mol. The molecule has 2 aromatic rings. The molecule has 2 rings (SSSR count). The van der Waals surface area contributed by atoms with Crippen LogP contribution in [0.2, 0.25) is 0 Å². The second-order valence-corrected chi connectivity index (χ2v) is 4.04. The standard InChI is InChI=1S/C14H11N3O3/c1-10(18)13(14-15-6-3-7-16-14)9-11-4-2-5-12(8-11)17(19)20/h2-9H,1H3. The third-order valence-corrected chi connectivity index (χ3v) is 2.58. The number of carbonyl (C=O) groups is 1. The summed E-state index contributed by atoms with van der Waals surface area (Å²) in [6.45, 7) is 1.40. The molecule has 0 radical (unpaired) electrons. The summed E-state index contributed by atoms with van der Waals surface area (Å²) in [4.78, 5) is 30.0. The molecular formula is C14H11N3O3. The minimum Gasteiger partial charge on any atom is -0.294 e. The summed E-state index contributed by atoms with van der Waals surface area (Å²) in [5.41, 5.74) is 0.832. The van der Waals surface area contributed by atoms with E-state index in [1.807, 2.05) is 0 Å². The molecule has 0 atom stereocenters. The van der Waals surface area contributed by atoms with Crippen molar-refractivity contribution >= 4 is 23.1 Å². The molecule has 0 amide bonds. The van der Waals surface area contributed by atoms with E-state index in [1.54, 1.807) is 24.3 Å². The number of non-ortho nitro benzene ring substituents is 1. The molecule has 0 bridgehead atoms. The van der Waals surface area contributed by atoms with Crippen LogP contribution >= 0.6 is 0 Å². The highest BCUT2D eigenvalue weighted by atomic mass is 16.6. The SMILES string of the molecule is CC(=O)C(=Cc1cccc([N+](=O)[O-])c1)c1ncccn1. The minimum atomic E-state index is -0.482. The summed E-state index contributed by atoms with van der Waals surface area (Å²) < 4.78 is 0. The highest BCUT2D eigenvalue weighted by Crippen LogP contribution is 2.19. The van der Waals surface area contributed by atoms with Crippen molar-refractivity contribution in [2.75, 3.05) is 0 Å². The highest BCUT2D eigenvalue weighted by molar-refractivity contribution is 6.23. The lowest BCUT2D eigenvalue weighted by Crippen LogP contribution is -2.01. The maximum atomic E-state index is 11.7. The smallest absolute Gasteiger partial charge is 0.270 e. The van der Waals surface area contributed by atoms with Crippen molar-refractivity contribution in [2.24, 2.45) is 0 Å². The van der Waals surface area contributed by atoms with Crippen LogP contribution in [0.1, 0.15) is 18.3 Å². The van der Waals surface area contributed by atoms with Crippen molar-refractivity contribution in [3.05, 3.63) is 64.2 Å². The van der Waals surface area contributed by atoms with Crippen LogP contribution in [0.25, 0.3) is 11.6 Å². The maximum Gasteiger partial charge on any atom is 0.270 e. The molecule has 0 fully saturated rings. The van der Waals surface area contributed by atoms with Crippen LogP contribution in [0, 0.1) is 10.1 Å². The lowest BCUT2D eigenvalue weighted by Gasteiger charge is -2.02. The number of hydrogen-bond donors (Lipinski definition) is 0. The molecule has 1 aromatic carbocycles. The summed E-state index contributed by atoms with van der Waals surface area (Å²) in [5, 5.41) is 10.7. The first kappa shape index (κ1) is 13.5. The molecule has 6 nitrogen and oxygen atoms in total. The van der Waals surface area contributed by atoms with Gasteiger partial charge in [0.15, 0.2) is 11.6 Å². The molecule has 0 spiro atoms. The van der Waals surface area contributed by atoms with Gasteiger partial charge in [0.25, 0.3) is 5.69 Å². The molecule has 0 unspecified atom stereocenters. The van der Waals surface area contributed by atoms with Crippen molar-refractivity contribution in [3.8, 4) is 0 Å². The number of ketones is 1. The van der Waals surface area contributed by atoms with Gasteiger partial charge in [0.2, 0.25) is 0 Å². The zero-order valence-electron chi connectivity index (χ0n) is 10.7. The van der Waals surface area contributed by atoms with Crippen LogP contribution in [0.3, 0.4) is 0 Å². The molecule has 0 aliphatic carbocycles. The molecule has 1 aromatic heterocycles. The number of benzene rings is 1. The molecule has 0 aliphatic rings. The number of nitro benzene ring substituents is 1. The van der Waals surface area contributed by atoms with Gasteiger partial charge in [0.05, 0.1) is 10.5 Å². The molecule has 0 saturated heterocycles. The Morgan fingerprint density at radius 1 is 1.25 bits per heavy atom. The van der Waals surface area contributed by atoms with E-state index < -0.39 is 4.92 Å². The van der Waals surface area contributed by atoms with E-state index in [0.717, 1.165) is 0 Å². The molecule has 6 heteroatoms. The first-order chi connectivity index (χ1) is 9.58. The van der Waals surface area contributed by atoms with E-state index in [2.05, 4.69) is 9.97 Å². The van der Waals surface area contributed by atoms with Gasteiger partial charge in [-0.3, -0.25) is 14.9 Å². The zero-order chi connectivity index (χ0) is 14.5. The topological polar surface area (TPSA) is 86.0 Å². The van der Waals surface area contributed by atoms with Crippen molar-refractivity contribution in [2.45, 2.75) is 6.92 Å². The first-order valence-corrected chi connectivity index (χ1v) is 5.82. The van der Waals surface area contributed by atoms with Gasteiger partial charge in [-0.15, -0.1) is 0 Å². The van der Waals surface area contributed by atoms with Crippen molar-refractivity contribution in [1.29, 1.82) is 0 Å². The third kappa shape index (κ3) is 3.11. The Bertz CT molecular complexity index is 681. The van der Waals surface area contributed by atoms with E-state index in [4.69, 9.17) is 0 Å². The lowest BCUT2D eigenvalue weighted by atomic mass is 10.1. The number of aromatic nitrogens is 2. The molecule has 0 N–H and O–H groups in total. The van der Waals surface area contributed by atoms with Crippen molar-refractivity contribution in [3.63, 3.8) is 0 Å². The van der Waals surface area contributed by atoms with Gasteiger partial charge >= 0.3 is 0 Å². The second kappa shape index (κ2) is 5.83. The molecule has 20 heavy (non-hydrogen) atoms. The van der Waals surface area contributed by atoms with E-state index in [-0.39, 0.29) is 11.5 Å². The predicted octanol–water partition coefficient (Wildman–Crippen LogP) is 2.51. The second-order valence-electron chi connectivity index (χ2n) is 4.04. The van der Waals surface area contributed by atoms with E-state index >= 15 is 0 Å². The van der Waals surface area contributed by atoms with Crippen molar-refractivity contribution in [1.82, 2.24) is 9.97 Å². The first-order valence-electron chi connectivity index (χ1n) is 5.82. The van der Waals surface area contributed by atoms with Gasteiger partial charge in [0.1, 0.15) is 0 Å². The van der Waals surface area contributed by atoms with Gasteiger partial charge in [-0.25, -0.2) is 9.97 Å². The summed E-state index contributed by atoms with van der Waals surface area (Å²) in [6, 6.07) is 7.68. The Morgan fingerprint density at radius 2 is 1.95 bits per heavy atom. The van der Waals surface area contributed by atoms with Crippen LogP contribution in [0.15, 0.2) is 42.7 Å². The van der Waals surface area contributed by atoms with Crippen LogP contribution < -0.4 is 0 Å². The summed E-state index contributed by atoms with van der Waals surface area (Å²) in [6.07, 6.45) is 4.61. The van der Waals surface area contributed by atoms with Crippen LogP contribution in [-0.4, -0.2) is 20.7 Å². The average molecular weight is 269 g/mol. The number of nitrogens with zero attached hydrogens (tertiary/aromatic N) is 3. The van der Waals surface area contributed by atoms with Gasteiger partial charge in [-0.2, -0.15) is 0 Å². The molecule has 0 saturated carbocycles. The number of carbonyl (C=O) groups excluding carboxylic acids is 1. The third-order valence-electron chi connectivity index (χ3n) is 2.58. The Balaban J connectivity index is 2.47. The Hall–Kier alpha value is -2.89. The number of hydrogen-bond acceptors (Lipinski definition) is 5. The fourth-order valence-corrected chi connectivity index (χ4v) is 1.66. The molecule has 1 heterocycles. The fourth-order valence-electron chi connectivity index (χ4n) is 1.66. The molecule has 100 valence electrons. The monoisotopic (exact) mass is 269 g/mol. The maximum absolute atomic E-state index is 11.7. The molecular weight excluding hydrogens is 258 g/mol. The van der Waals surface area contributed by atoms with Gasteiger partial charge in [0, 0.05) is 24.5 Å². The lowest BCUT2D eigenvalue weighted by molar-refractivity contribution is -0.384. The number of Topliss-reactive ketones (excluding diaryl/α,β-unsaturated/α-hetero) is 1. The number of rotatable bonds is 4. The zero-order valence-corrected chi connectivity index (χ0v) is 10.7. The Kier molecular flexibility index (Phi) is 3.95. The van der Waals surface area contributed by atoms with Crippen LogP contribution in [0.5, 0.6) is 0 Å². The number of nitro groups is 1. The Labute approximate surface area is 115 Å². The fraction of sp³-hybridized carbons (Fsp3) is 0.0714. The van der Waals surface area contributed by atoms with E-state index in [9.17, 15) is 14.9 Å². The summed E-state index contributed by atoms with van der Waals surface area (Å²) in [5.74, 6) is 0.0919. The van der Waals surface area contributed by atoms with Gasteiger partial charge in [-0.1, -0.05) is 12.1 Å². The highest BCUT2D eigenvalue weighted by Gasteiger charge is 2.11.